The summed E-state index contributed by atoms with van der Waals surface area (Å²) >= 11 is 0. The minimum Gasteiger partial charge on any atom is -0.485 e. The van der Waals surface area contributed by atoms with E-state index >= 15 is 0 Å². The lowest BCUT2D eigenvalue weighted by Crippen LogP contribution is -2.43. The van der Waals surface area contributed by atoms with Gasteiger partial charge >= 0.3 is 5.97 Å². The molecule has 9 heteroatoms. The average Bonchev–Trinajstić information content (AvgIpc) is 2.92. The van der Waals surface area contributed by atoms with Crippen LogP contribution >= 0.6 is 0 Å². The van der Waals surface area contributed by atoms with Crippen LogP contribution in [0.4, 0.5) is 5.69 Å². The minimum absolute atomic E-state index is 0.0443. The number of anilines is 1. The van der Waals surface area contributed by atoms with Gasteiger partial charge in [0.15, 0.2) is 19.0 Å². The molecule has 0 N–H and O–H groups in total. The zero-order valence-electron chi connectivity index (χ0n) is 21.9. The first-order valence-electron chi connectivity index (χ1n) is 13.1. The minimum atomic E-state index is -0.286. The van der Waals surface area contributed by atoms with Crippen molar-refractivity contribution in [3.8, 4) is 11.5 Å². The van der Waals surface area contributed by atoms with Crippen LogP contribution in [0.1, 0.15) is 48.5 Å². The van der Waals surface area contributed by atoms with E-state index in [1.165, 1.54) is 0 Å². The molecule has 4 rings (SSSR count). The number of rotatable bonds is 10. The number of esters is 1. The molecule has 2 aliphatic rings. The summed E-state index contributed by atoms with van der Waals surface area (Å²) in [4.78, 5) is 53.7. The van der Waals surface area contributed by atoms with Crippen LogP contribution in [0, 0.1) is 12.8 Å². The van der Waals surface area contributed by atoms with Gasteiger partial charge in [0.05, 0.1) is 18.2 Å². The van der Waals surface area contributed by atoms with E-state index in [1.807, 2.05) is 25.1 Å². The summed E-state index contributed by atoms with van der Waals surface area (Å²) in [6.45, 7) is 5.11. The number of nitrogens with zero attached hydrogens (tertiary/aromatic N) is 2. The van der Waals surface area contributed by atoms with E-state index < -0.39 is 0 Å². The number of benzene rings is 2. The fraction of sp³-hybridized carbons (Fsp3) is 0.448. The highest BCUT2D eigenvalue weighted by Crippen LogP contribution is 2.33. The number of Topliss-reactive ketones (excluding diaryl/α,β-unsaturated/α-hetero) is 1. The summed E-state index contributed by atoms with van der Waals surface area (Å²) < 4.78 is 16.3. The van der Waals surface area contributed by atoms with Gasteiger partial charge in [-0.1, -0.05) is 12.1 Å². The van der Waals surface area contributed by atoms with E-state index in [2.05, 4.69) is 0 Å². The SMILES string of the molecule is CCOC(=O)C1CCCN(C(=O)CCCN2C(=O)COc3ccc(C(=O)COc4cccc(C)c4)cc32)C1. The summed E-state index contributed by atoms with van der Waals surface area (Å²) in [6, 6.07) is 12.5. The molecule has 2 aliphatic heterocycles. The van der Waals surface area contributed by atoms with Gasteiger partial charge in [0.25, 0.3) is 5.91 Å². The summed E-state index contributed by atoms with van der Waals surface area (Å²) in [5.74, 6) is 0.0944. The standard InChI is InChI=1S/C29H34N2O7/c1-3-36-29(35)22-8-5-13-30(17-22)27(33)10-6-14-31-24-16-21(11-12-26(24)38-19-28(31)34)25(32)18-37-23-9-4-7-20(2)15-23/h4,7,9,11-12,15-16,22H,3,5-6,8,10,13-14,17-19H2,1-2H3. The van der Waals surface area contributed by atoms with Gasteiger partial charge in [-0.05, 0) is 69.0 Å². The van der Waals surface area contributed by atoms with Crippen LogP contribution in [0.3, 0.4) is 0 Å². The van der Waals surface area contributed by atoms with Crippen molar-refractivity contribution in [3.05, 3.63) is 53.6 Å². The van der Waals surface area contributed by atoms with Crippen molar-refractivity contribution in [1.29, 1.82) is 0 Å². The van der Waals surface area contributed by atoms with Gasteiger partial charge in [-0.2, -0.15) is 0 Å². The van der Waals surface area contributed by atoms with Gasteiger partial charge < -0.3 is 24.0 Å². The van der Waals surface area contributed by atoms with E-state index in [0.717, 1.165) is 18.4 Å². The van der Waals surface area contributed by atoms with Crippen molar-refractivity contribution < 1.29 is 33.4 Å². The van der Waals surface area contributed by atoms with E-state index in [0.29, 0.717) is 55.4 Å². The normalized spacial score (nSPS) is 16.9. The second-order valence-electron chi connectivity index (χ2n) is 9.58. The monoisotopic (exact) mass is 522 g/mol. The number of hydrogen-bond acceptors (Lipinski definition) is 7. The molecule has 1 unspecified atom stereocenters. The Hall–Kier alpha value is -3.88. The Morgan fingerprint density at radius 1 is 1.13 bits per heavy atom. The summed E-state index contributed by atoms with van der Waals surface area (Å²) in [7, 11) is 0. The predicted molar refractivity (Wildman–Crippen MR) is 140 cm³/mol. The number of carbonyl (C=O) groups is 4. The smallest absolute Gasteiger partial charge is 0.310 e. The second kappa shape index (κ2) is 12.6. The van der Waals surface area contributed by atoms with Gasteiger partial charge in [-0.25, -0.2) is 0 Å². The molecule has 38 heavy (non-hydrogen) atoms. The molecular formula is C29H34N2O7. The maximum Gasteiger partial charge on any atom is 0.310 e. The summed E-state index contributed by atoms with van der Waals surface area (Å²) in [5.41, 5.74) is 1.96. The zero-order valence-corrected chi connectivity index (χ0v) is 21.9. The fourth-order valence-electron chi connectivity index (χ4n) is 4.76. The molecule has 9 nitrogen and oxygen atoms in total. The Labute approximate surface area is 222 Å². The van der Waals surface area contributed by atoms with Crippen LogP contribution in [0.2, 0.25) is 0 Å². The molecule has 2 aromatic carbocycles. The molecule has 2 aromatic rings. The van der Waals surface area contributed by atoms with Crippen molar-refractivity contribution in [2.24, 2.45) is 5.92 Å². The first-order chi connectivity index (χ1) is 18.4. The van der Waals surface area contributed by atoms with Gasteiger partial charge in [0, 0.05) is 31.6 Å². The molecule has 2 heterocycles. The molecule has 1 fully saturated rings. The zero-order chi connectivity index (χ0) is 27.1. The van der Waals surface area contributed by atoms with Crippen LogP contribution in [0.25, 0.3) is 0 Å². The molecule has 1 atom stereocenters. The van der Waals surface area contributed by atoms with Crippen LogP contribution < -0.4 is 14.4 Å². The molecule has 1 saturated heterocycles. The van der Waals surface area contributed by atoms with Gasteiger partial charge in [-0.3, -0.25) is 19.2 Å². The average molecular weight is 523 g/mol. The summed E-state index contributed by atoms with van der Waals surface area (Å²) in [6.07, 6.45) is 2.17. The third-order valence-corrected chi connectivity index (χ3v) is 6.75. The van der Waals surface area contributed by atoms with E-state index in [9.17, 15) is 19.2 Å². The molecule has 202 valence electrons. The van der Waals surface area contributed by atoms with Crippen molar-refractivity contribution in [2.45, 2.75) is 39.5 Å². The van der Waals surface area contributed by atoms with Gasteiger partial charge in [0.1, 0.15) is 11.5 Å². The number of fused-ring (bicyclic) bond motifs is 1. The molecule has 0 radical (unpaired) electrons. The first-order valence-corrected chi connectivity index (χ1v) is 13.1. The van der Waals surface area contributed by atoms with Crippen molar-refractivity contribution in [1.82, 2.24) is 4.90 Å². The first kappa shape index (κ1) is 27.2. The third-order valence-electron chi connectivity index (χ3n) is 6.75. The molecule has 0 spiro atoms. The largest absolute Gasteiger partial charge is 0.485 e. The Morgan fingerprint density at radius 2 is 1.97 bits per heavy atom. The number of piperidine rings is 1. The van der Waals surface area contributed by atoms with Crippen molar-refractivity contribution >= 4 is 29.3 Å². The number of likely N-dealkylation sites (tertiary alicyclic amines) is 1. The molecule has 0 aliphatic carbocycles. The van der Waals surface area contributed by atoms with Crippen LogP contribution in [-0.4, -0.2) is 67.9 Å². The van der Waals surface area contributed by atoms with E-state index in [4.69, 9.17) is 14.2 Å². The fourth-order valence-corrected chi connectivity index (χ4v) is 4.76. The molecule has 2 amide bonds. The predicted octanol–water partition coefficient (Wildman–Crippen LogP) is 3.56. The lowest BCUT2D eigenvalue weighted by Gasteiger charge is -2.32. The van der Waals surface area contributed by atoms with Crippen molar-refractivity contribution in [3.63, 3.8) is 0 Å². The highest BCUT2D eigenvalue weighted by molar-refractivity contribution is 6.02. The number of carbonyl (C=O) groups excluding carboxylic acids is 4. The Balaban J connectivity index is 1.35. The third kappa shape index (κ3) is 6.70. The van der Waals surface area contributed by atoms with Gasteiger partial charge in [-0.15, -0.1) is 0 Å². The number of hydrogen-bond donors (Lipinski definition) is 0. The second-order valence-corrected chi connectivity index (χ2v) is 9.58. The van der Waals surface area contributed by atoms with Crippen LogP contribution in [-0.2, 0) is 19.1 Å². The topological polar surface area (TPSA) is 102 Å². The summed E-state index contributed by atoms with van der Waals surface area (Å²) in [5, 5.41) is 0. The molecular weight excluding hydrogens is 488 g/mol. The maximum atomic E-state index is 12.8. The number of amides is 2. The van der Waals surface area contributed by atoms with E-state index in [1.54, 1.807) is 41.0 Å². The number of ether oxygens (including phenoxy) is 3. The van der Waals surface area contributed by atoms with Crippen LogP contribution in [0.15, 0.2) is 42.5 Å². The molecule has 0 bridgehead atoms. The lowest BCUT2D eigenvalue weighted by atomic mass is 9.98. The highest BCUT2D eigenvalue weighted by Gasteiger charge is 2.30. The molecule has 0 saturated carbocycles. The maximum absolute atomic E-state index is 12.8. The van der Waals surface area contributed by atoms with Crippen molar-refractivity contribution in [2.75, 3.05) is 44.4 Å². The van der Waals surface area contributed by atoms with Gasteiger partial charge in [0.2, 0.25) is 5.91 Å². The quantitative estimate of drug-likeness (QED) is 0.347. The Bertz CT molecular complexity index is 1200. The Kier molecular flexibility index (Phi) is 8.99. The highest BCUT2D eigenvalue weighted by atomic mass is 16.5. The van der Waals surface area contributed by atoms with Crippen LogP contribution in [0.5, 0.6) is 11.5 Å². The number of ketones is 1. The number of aryl methyl sites for hydroxylation is 1. The molecule has 0 aromatic heterocycles. The lowest BCUT2D eigenvalue weighted by molar-refractivity contribution is -0.151. The van der Waals surface area contributed by atoms with E-state index in [-0.39, 0.29) is 49.1 Å². The Morgan fingerprint density at radius 3 is 2.76 bits per heavy atom.